The number of rotatable bonds is 3. The Balaban J connectivity index is 3.14. The number of carbonyl (C=O) groups excluding carboxylic acids is 2. The molecule has 0 unspecified atom stereocenters. The summed E-state index contributed by atoms with van der Waals surface area (Å²) in [4.78, 5) is 25.0. The summed E-state index contributed by atoms with van der Waals surface area (Å²) in [5, 5.41) is 0. The number of ether oxygens (including phenoxy) is 1. The minimum atomic E-state index is -0.481. The highest BCUT2D eigenvalue weighted by molar-refractivity contribution is 5.98. The van der Waals surface area contributed by atoms with Crippen LogP contribution < -0.4 is 0 Å². The SMILES string of the molecule is CCOC(=O)c1[nH]c(C)c(C)c1C=O. The number of nitrogens with one attached hydrogen (secondary N) is 1. The van der Waals surface area contributed by atoms with Crippen LogP contribution in [0.15, 0.2) is 0 Å². The average Bonchev–Trinajstić information content (AvgIpc) is 2.44. The summed E-state index contributed by atoms with van der Waals surface area (Å²) in [6.07, 6.45) is 0.672. The fourth-order valence-corrected chi connectivity index (χ4v) is 1.25. The third-order valence-corrected chi connectivity index (χ3v) is 2.15. The van der Waals surface area contributed by atoms with Crippen molar-refractivity contribution in [2.75, 3.05) is 6.61 Å². The first-order valence-corrected chi connectivity index (χ1v) is 4.43. The summed E-state index contributed by atoms with van der Waals surface area (Å²) >= 11 is 0. The Labute approximate surface area is 82.3 Å². The molecule has 0 aliphatic heterocycles. The first-order chi connectivity index (χ1) is 6.61. The third-order valence-electron chi connectivity index (χ3n) is 2.15. The molecule has 1 N–H and O–H groups in total. The number of esters is 1. The van der Waals surface area contributed by atoms with Gasteiger partial charge in [-0.25, -0.2) is 4.79 Å². The molecule has 0 amide bonds. The summed E-state index contributed by atoms with van der Waals surface area (Å²) in [6.45, 7) is 5.62. The molecule has 0 atom stereocenters. The lowest BCUT2D eigenvalue weighted by atomic mass is 10.1. The van der Waals surface area contributed by atoms with Crippen molar-refractivity contribution in [3.63, 3.8) is 0 Å². The van der Waals surface area contributed by atoms with Gasteiger partial charge in [-0.15, -0.1) is 0 Å². The first-order valence-electron chi connectivity index (χ1n) is 4.43. The number of hydrogen-bond donors (Lipinski definition) is 1. The van der Waals surface area contributed by atoms with Gasteiger partial charge in [-0.05, 0) is 26.3 Å². The summed E-state index contributed by atoms with van der Waals surface area (Å²) in [5.41, 5.74) is 2.25. The van der Waals surface area contributed by atoms with Crippen LogP contribution in [0.4, 0.5) is 0 Å². The van der Waals surface area contributed by atoms with Crippen LogP contribution in [0.1, 0.15) is 39.0 Å². The van der Waals surface area contributed by atoms with E-state index in [1.54, 1.807) is 13.8 Å². The largest absolute Gasteiger partial charge is 0.461 e. The fourth-order valence-electron chi connectivity index (χ4n) is 1.25. The molecule has 1 heterocycles. The number of aldehydes is 1. The van der Waals surface area contributed by atoms with Gasteiger partial charge in [0, 0.05) is 11.3 Å². The third kappa shape index (κ3) is 1.69. The maximum atomic E-state index is 11.4. The molecule has 14 heavy (non-hydrogen) atoms. The van der Waals surface area contributed by atoms with Crippen molar-refractivity contribution in [1.29, 1.82) is 0 Å². The van der Waals surface area contributed by atoms with Gasteiger partial charge >= 0.3 is 5.97 Å². The van der Waals surface area contributed by atoms with Gasteiger partial charge in [0.15, 0.2) is 6.29 Å². The lowest BCUT2D eigenvalue weighted by Gasteiger charge is -1.99. The van der Waals surface area contributed by atoms with E-state index in [1.807, 2.05) is 6.92 Å². The lowest BCUT2D eigenvalue weighted by Crippen LogP contribution is -2.07. The van der Waals surface area contributed by atoms with E-state index in [2.05, 4.69) is 4.98 Å². The monoisotopic (exact) mass is 195 g/mol. The van der Waals surface area contributed by atoms with Crippen molar-refractivity contribution < 1.29 is 14.3 Å². The predicted octanol–water partition coefficient (Wildman–Crippen LogP) is 1.62. The summed E-state index contributed by atoms with van der Waals surface area (Å²) in [7, 11) is 0. The number of aromatic nitrogens is 1. The molecule has 4 nitrogen and oxygen atoms in total. The number of aryl methyl sites for hydroxylation is 1. The zero-order valence-corrected chi connectivity index (χ0v) is 8.51. The van der Waals surface area contributed by atoms with Gasteiger partial charge in [-0.3, -0.25) is 4.79 Å². The molecule has 1 rings (SSSR count). The van der Waals surface area contributed by atoms with E-state index in [-0.39, 0.29) is 5.69 Å². The molecule has 0 spiro atoms. The van der Waals surface area contributed by atoms with E-state index < -0.39 is 5.97 Å². The Bertz CT molecular complexity index is 366. The molecule has 0 saturated heterocycles. The van der Waals surface area contributed by atoms with Crippen molar-refractivity contribution in [1.82, 2.24) is 4.98 Å². The Hall–Kier alpha value is -1.58. The molecule has 0 aliphatic carbocycles. The highest BCUT2D eigenvalue weighted by Crippen LogP contribution is 2.16. The van der Waals surface area contributed by atoms with Crippen LogP contribution >= 0.6 is 0 Å². The van der Waals surface area contributed by atoms with Crippen molar-refractivity contribution >= 4 is 12.3 Å². The number of hydrogen-bond acceptors (Lipinski definition) is 3. The van der Waals surface area contributed by atoms with E-state index in [1.165, 1.54) is 0 Å². The Morgan fingerprint density at radius 2 is 2.14 bits per heavy atom. The van der Waals surface area contributed by atoms with Crippen LogP contribution in [-0.2, 0) is 4.74 Å². The predicted molar refractivity (Wildman–Crippen MR) is 51.6 cm³/mol. The Morgan fingerprint density at radius 1 is 1.50 bits per heavy atom. The zero-order valence-electron chi connectivity index (χ0n) is 8.51. The molecule has 0 bridgehead atoms. The van der Waals surface area contributed by atoms with Gasteiger partial charge in [0.05, 0.1) is 6.61 Å². The molecule has 0 fully saturated rings. The molecule has 0 aromatic carbocycles. The van der Waals surface area contributed by atoms with E-state index in [0.29, 0.717) is 18.5 Å². The smallest absolute Gasteiger partial charge is 0.355 e. The maximum absolute atomic E-state index is 11.4. The second-order valence-corrected chi connectivity index (χ2v) is 3.00. The van der Waals surface area contributed by atoms with Crippen molar-refractivity contribution in [2.24, 2.45) is 0 Å². The van der Waals surface area contributed by atoms with Gasteiger partial charge in [-0.1, -0.05) is 0 Å². The van der Waals surface area contributed by atoms with Crippen LogP contribution in [0.5, 0.6) is 0 Å². The van der Waals surface area contributed by atoms with Gasteiger partial charge in [0.1, 0.15) is 5.69 Å². The fraction of sp³-hybridized carbons (Fsp3) is 0.400. The zero-order chi connectivity index (χ0) is 10.7. The summed E-state index contributed by atoms with van der Waals surface area (Å²) in [5.74, 6) is -0.481. The van der Waals surface area contributed by atoms with E-state index in [0.717, 1.165) is 11.3 Å². The second-order valence-electron chi connectivity index (χ2n) is 3.00. The highest BCUT2D eigenvalue weighted by atomic mass is 16.5. The topological polar surface area (TPSA) is 59.2 Å². The lowest BCUT2D eigenvalue weighted by molar-refractivity contribution is 0.0518. The van der Waals surface area contributed by atoms with E-state index in [9.17, 15) is 9.59 Å². The molecular weight excluding hydrogens is 182 g/mol. The average molecular weight is 195 g/mol. The van der Waals surface area contributed by atoms with Crippen molar-refractivity contribution in [3.8, 4) is 0 Å². The molecule has 0 saturated carbocycles. The van der Waals surface area contributed by atoms with E-state index >= 15 is 0 Å². The minimum absolute atomic E-state index is 0.247. The minimum Gasteiger partial charge on any atom is -0.461 e. The summed E-state index contributed by atoms with van der Waals surface area (Å²) < 4.78 is 4.81. The van der Waals surface area contributed by atoms with Gasteiger partial charge in [0.2, 0.25) is 0 Å². The molecule has 0 aliphatic rings. The Kier molecular flexibility index (Phi) is 3.06. The van der Waals surface area contributed by atoms with Gasteiger partial charge < -0.3 is 9.72 Å². The van der Waals surface area contributed by atoms with Crippen LogP contribution in [0.2, 0.25) is 0 Å². The van der Waals surface area contributed by atoms with Gasteiger partial charge in [-0.2, -0.15) is 0 Å². The molecule has 0 radical (unpaired) electrons. The van der Waals surface area contributed by atoms with Crippen LogP contribution in [0.25, 0.3) is 0 Å². The van der Waals surface area contributed by atoms with Crippen molar-refractivity contribution in [2.45, 2.75) is 20.8 Å². The number of carbonyl (C=O) groups is 2. The second kappa shape index (κ2) is 4.09. The van der Waals surface area contributed by atoms with Crippen LogP contribution in [0.3, 0.4) is 0 Å². The Morgan fingerprint density at radius 3 is 2.64 bits per heavy atom. The highest BCUT2D eigenvalue weighted by Gasteiger charge is 2.18. The molecule has 1 aromatic rings. The summed E-state index contributed by atoms with van der Waals surface area (Å²) in [6, 6.07) is 0. The maximum Gasteiger partial charge on any atom is 0.355 e. The normalized spacial score (nSPS) is 9.93. The standard InChI is InChI=1S/C10H13NO3/c1-4-14-10(13)9-8(5-12)6(2)7(3)11-9/h5,11H,4H2,1-3H3. The van der Waals surface area contributed by atoms with Crippen LogP contribution in [0, 0.1) is 13.8 Å². The van der Waals surface area contributed by atoms with Crippen LogP contribution in [-0.4, -0.2) is 23.8 Å². The molecule has 76 valence electrons. The van der Waals surface area contributed by atoms with Gasteiger partial charge in [0.25, 0.3) is 0 Å². The molecule has 1 aromatic heterocycles. The molecule has 4 heteroatoms. The quantitative estimate of drug-likeness (QED) is 0.589. The number of H-pyrrole nitrogens is 1. The van der Waals surface area contributed by atoms with E-state index in [4.69, 9.17) is 4.74 Å². The van der Waals surface area contributed by atoms with Crippen molar-refractivity contribution in [3.05, 3.63) is 22.5 Å². The molecular formula is C10H13NO3. The first kappa shape index (κ1) is 10.5. The number of aromatic amines is 1.